The smallest absolute Gasteiger partial charge is 0.00702 e. The zero-order valence-electron chi connectivity index (χ0n) is 11.8. The van der Waals surface area contributed by atoms with Gasteiger partial charge in [0.15, 0.2) is 0 Å². The summed E-state index contributed by atoms with van der Waals surface area (Å²) in [6, 6.07) is 0.782. The van der Waals surface area contributed by atoms with Gasteiger partial charge in [-0.25, -0.2) is 0 Å². The summed E-state index contributed by atoms with van der Waals surface area (Å²) in [5.41, 5.74) is 0.479. The number of likely N-dealkylation sites (tertiary alicyclic amines) is 1. The van der Waals surface area contributed by atoms with Crippen molar-refractivity contribution in [3.8, 4) is 0 Å². The van der Waals surface area contributed by atoms with E-state index in [9.17, 15) is 0 Å². The van der Waals surface area contributed by atoms with Gasteiger partial charge < -0.3 is 5.32 Å². The lowest BCUT2D eigenvalue weighted by molar-refractivity contribution is 0.130. The normalized spacial score (nSPS) is 27.6. The molecule has 0 radical (unpaired) electrons. The van der Waals surface area contributed by atoms with Crippen molar-refractivity contribution in [1.29, 1.82) is 0 Å². The van der Waals surface area contributed by atoms with Crippen LogP contribution < -0.4 is 5.32 Å². The van der Waals surface area contributed by atoms with E-state index in [4.69, 9.17) is 0 Å². The maximum Gasteiger partial charge on any atom is 0.00702 e. The van der Waals surface area contributed by atoms with Crippen LogP contribution in [0.15, 0.2) is 0 Å². The second kappa shape index (κ2) is 6.02. The van der Waals surface area contributed by atoms with Crippen molar-refractivity contribution in [1.82, 2.24) is 10.2 Å². The van der Waals surface area contributed by atoms with E-state index >= 15 is 0 Å². The summed E-state index contributed by atoms with van der Waals surface area (Å²) < 4.78 is 0. The molecule has 1 N–H and O–H groups in total. The van der Waals surface area contributed by atoms with Crippen molar-refractivity contribution in [2.75, 3.05) is 26.7 Å². The Kier molecular flexibility index (Phi) is 5.26. The predicted molar refractivity (Wildman–Crippen MR) is 71.8 cm³/mol. The monoisotopic (exact) mass is 226 g/mol. The first-order valence-electron chi connectivity index (χ1n) is 6.95. The van der Waals surface area contributed by atoms with E-state index in [0.29, 0.717) is 5.41 Å². The molecule has 0 bridgehead atoms. The Morgan fingerprint density at radius 1 is 1.25 bits per heavy atom. The summed E-state index contributed by atoms with van der Waals surface area (Å²) in [6.07, 6.45) is 3.94. The highest BCUT2D eigenvalue weighted by atomic mass is 15.2. The lowest BCUT2D eigenvalue weighted by Gasteiger charge is -2.37. The van der Waals surface area contributed by atoms with Gasteiger partial charge in [-0.3, -0.25) is 4.90 Å². The van der Waals surface area contributed by atoms with Crippen LogP contribution in [0, 0.1) is 11.3 Å². The average Bonchev–Trinajstić information content (AvgIpc) is 2.56. The zero-order valence-corrected chi connectivity index (χ0v) is 11.8. The predicted octanol–water partition coefficient (Wildman–Crippen LogP) is 2.74. The van der Waals surface area contributed by atoms with E-state index < -0.39 is 0 Å². The number of nitrogens with one attached hydrogen (secondary N) is 1. The molecule has 0 amide bonds. The van der Waals surface area contributed by atoms with Crippen LogP contribution in [0.2, 0.25) is 0 Å². The Balaban J connectivity index is 2.60. The molecular formula is C14H30N2. The molecule has 0 aliphatic carbocycles. The summed E-state index contributed by atoms with van der Waals surface area (Å²) in [6.45, 7) is 13.2. The molecule has 1 heterocycles. The Morgan fingerprint density at radius 2 is 1.88 bits per heavy atom. The van der Waals surface area contributed by atoms with Gasteiger partial charge in [-0.05, 0) is 44.6 Å². The van der Waals surface area contributed by atoms with Gasteiger partial charge in [-0.2, -0.15) is 0 Å². The third-order valence-electron chi connectivity index (χ3n) is 4.50. The molecule has 1 saturated heterocycles. The Bertz CT molecular complexity index is 199. The molecule has 1 rings (SSSR count). The lowest BCUT2D eigenvalue weighted by Crippen LogP contribution is -2.44. The molecule has 1 aliphatic heterocycles. The first kappa shape index (κ1) is 14.0. The maximum absolute atomic E-state index is 3.38. The highest BCUT2D eigenvalue weighted by Crippen LogP contribution is 2.31. The van der Waals surface area contributed by atoms with Crippen molar-refractivity contribution < 1.29 is 0 Å². The van der Waals surface area contributed by atoms with Gasteiger partial charge in [0, 0.05) is 25.7 Å². The molecule has 0 aromatic heterocycles. The van der Waals surface area contributed by atoms with Crippen LogP contribution in [-0.2, 0) is 0 Å². The molecule has 1 aliphatic rings. The van der Waals surface area contributed by atoms with Crippen molar-refractivity contribution in [3.63, 3.8) is 0 Å². The number of hydrogen-bond donors (Lipinski definition) is 1. The minimum atomic E-state index is 0.479. The second-order valence-corrected chi connectivity index (χ2v) is 5.86. The van der Waals surface area contributed by atoms with E-state index in [1.54, 1.807) is 0 Å². The third kappa shape index (κ3) is 3.21. The molecule has 0 spiro atoms. The number of nitrogens with zero attached hydrogens (tertiary/aromatic N) is 1. The summed E-state index contributed by atoms with van der Waals surface area (Å²) >= 11 is 0. The van der Waals surface area contributed by atoms with Gasteiger partial charge in [-0.15, -0.1) is 0 Å². The maximum atomic E-state index is 3.38. The SMILES string of the molecule is CCC(CC)(CNC)CN1CC(C)CC1C. The topological polar surface area (TPSA) is 15.3 Å². The van der Waals surface area contributed by atoms with Gasteiger partial charge in [0.05, 0.1) is 0 Å². The van der Waals surface area contributed by atoms with Gasteiger partial charge in [-0.1, -0.05) is 20.8 Å². The fourth-order valence-corrected chi connectivity index (χ4v) is 3.19. The Hall–Kier alpha value is -0.0800. The molecule has 2 atom stereocenters. The average molecular weight is 226 g/mol. The van der Waals surface area contributed by atoms with Crippen molar-refractivity contribution in [3.05, 3.63) is 0 Å². The van der Waals surface area contributed by atoms with E-state index in [-0.39, 0.29) is 0 Å². The van der Waals surface area contributed by atoms with E-state index in [1.165, 1.54) is 32.4 Å². The quantitative estimate of drug-likeness (QED) is 0.749. The molecule has 2 unspecified atom stereocenters. The minimum absolute atomic E-state index is 0.479. The van der Waals surface area contributed by atoms with Crippen LogP contribution in [0.3, 0.4) is 0 Å². The molecule has 2 heteroatoms. The summed E-state index contributed by atoms with van der Waals surface area (Å²) in [5, 5.41) is 3.38. The highest BCUT2D eigenvalue weighted by molar-refractivity contribution is 4.88. The molecule has 0 aromatic carbocycles. The van der Waals surface area contributed by atoms with Gasteiger partial charge in [0.25, 0.3) is 0 Å². The first-order valence-corrected chi connectivity index (χ1v) is 6.95. The molecule has 0 saturated carbocycles. The standard InChI is InChI=1S/C14H30N2/c1-6-14(7-2,10-15-5)11-16-9-12(3)8-13(16)4/h12-13,15H,6-11H2,1-5H3. The Morgan fingerprint density at radius 3 is 2.25 bits per heavy atom. The van der Waals surface area contributed by atoms with Gasteiger partial charge in [0.1, 0.15) is 0 Å². The first-order chi connectivity index (χ1) is 7.56. The number of rotatable bonds is 6. The van der Waals surface area contributed by atoms with E-state index in [2.05, 4.69) is 45.0 Å². The molecule has 2 nitrogen and oxygen atoms in total. The van der Waals surface area contributed by atoms with Crippen molar-refractivity contribution >= 4 is 0 Å². The van der Waals surface area contributed by atoms with Crippen molar-refractivity contribution in [2.24, 2.45) is 11.3 Å². The lowest BCUT2D eigenvalue weighted by atomic mass is 9.81. The second-order valence-electron chi connectivity index (χ2n) is 5.86. The van der Waals surface area contributed by atoms with E-state index in [1.807, 2.05) is 0 Å². The fourth-order valence-electron chi connectivity index (χ4n) is 3.19. The summed E-state index contributed by atoms with van der Waals surface area (Å²) in [4.78, 5) is 2.70. The van der Waals surface area contributed by atoms with Crippen LogP contribution in [0.25, 0.3) is 0 Å². The minimum Gasteiger partial charge on any atom is -0.319 e. The van der Waals surface area contributed by atoms with Crippen LogP contribution >= 0.6 is 0 Å². The molecule has 1 fully saturated rings. The van der Waals surface area contributed by atoms with Crippen LogP contribution in [0.1, 0.15) is 47.0 Å². The number of hydrogen-bond acceptors (Lipinski definition) is 2. The zero-order chi connectivity index (χ0) is 12.2. The van der Waals surface area contributed by atoms with Crippen molar-refractivity contribution in [2.45, 2.75) is 53.0 Å². The molecule has 0 aromatic rings. The summed E-state index contributed by atoms with van der Waals surface area (Å²) in [7, 11) is 2.08. The molecule has 16 heavy (non-hydrogen) atoms. The van der Waals surface area contributed by atoms with Gasteiger partial charge >= 0.3 is 0 Å². The van der Waals surface area contributed by atoms with Crippen LogP contribution in [0.5, 0.6) is 0 Å². The molecule has 96 valence electrons. The van der Waals surface area contributed by atoms with Crippen LogP contribution in [0.4, 0.5) is 0 Å². The highest BCUT2D eigenvalue weighted by Gasteiger charge is 2.33. The van der Waals surface area contributed by atoms with Gasteiger partial charge in [0.2, 0.25) is 0 Å². The Labute approximate surface area is 102 Å². The largest absolute Gasteiger partial charge is 0.319 e. The van der Waals surface area contributed by atoms with Crippen LogP contribution in [-0.4, -0.2) is 37.6 Å². The molecular weight excluding hydrogens is 196 g/mol. The van der Waals surface area contributed by atoms with E-state index in [0.717, 1.165) is 18.5 Å². The third-order valence-corrected chi connectivity index (χ3v) is 4.50. The summed E-state index contributed by atoms with van der Waals surface area (Å²) in [5.74, 6) is 0.885. The fraction of sp³-hybridized carbons (Fsp3) is 1.00.